The van der Waals surface area contributed by atoms with E-state index < -0.39 is 5.91 Å². The standard InChI is InChI=1S/C16H13N3O3S.C2H6/c1-22-16-12(14(17)20)7-9-3-2-4-11(13(9)19-16)15(21)18-10-5-6-23-8-10;1-2/h2-8H,1H3,(H2,17,20)(H,18,21);1-2H3. The van der Waals surface area contributed by atoms with E-state index in [1.807, 2.05) is 30.7 Å². The molecule has 25 heavy (non-hydrogen) atoms. The Morgan fingerprint density at radius 3 is 2.56 bits per heavy atom. The van der Waals surface area contributed by atoms with Gasteiger partial charge in [0.15, 0.2) is 0 Å². The van der Waals surface area contributed by atoms with Gasteiger partial charge < -0.3 is 15.8 Å². The summed E-state index contributed by atoms with van der Waals surface area (Å²) in [6, 6.07) is 8.54. The molecule has 2 aromatic heterocycles. The van der Waals surface area contributed by atoms with E-state index in [4.69, 9.17) is 10.5 Å². The van der Waals surface area contributed by atoms with Crippen LogP contribution in [-0.2, 0) is 0 Å². The van der Waals surface area contributed by atoms with Gasteiger partial charge in [-0.3, -0.25) is 9.59 Å². The average Bonchev–Trinajstić information content (AvgIpc) is 3.14. The fourth-order valence-electron chi connectivity index (χ4n) is 2.23. The number of ether oxygens (including phenoxy) is 1. The van der Waals surface area contributed by atoms with E-state index in [-0.39, 0.29) is 17.4 Å². The van der Waals surface area contributed by atoms with Gasteiger partial charge in [-0.15, -0.1) is 0 Å². The molecule has 0 radical (unpaired) electrons. The second kappa shape index (κ2) is 8.25. The SMILES string of the molecule is CC.COc1nc2c(C(=O)Nc3ccsc3)cccc2cc1C(N)=O. The Bertz CT molecular complexity index is 892. The molecule has 0 unspecified atom stereocenters. The van der Waals surface area contributed by atoms with Gasteiger partial charge in [0.05, 0.1) is 23.9 Å². The number of rotatable bonds is 4. The molecule has 0 spiro atoms. The number of carbonyl (C=O) groups excluding carboxylic acids is 2. The normalized spacial score (nSPS) is 9.88. The van der Waals surface area contributed by atoms with Crippen molar-refractivity contribution in [2.45, 2.75) is 13.8 Å². The van der Waals surface area contributed by atoms with E-state index >= 15 is 0 Å². The number of nitrogens with two attached hydrogens (primary N) is 1. The summed E-state index contributed by atoms with van der Waals surface area (Å²) in [5.74, 6) is -0.819. The topological polar surface area (TPSA) is 94.3 Å². The molecule has 0 fully saturated rings. The maximum atomic E-state index is 12.5. The Morgan fingerprint density at radius 2 is 1.96 bits per heavy atom. The molecule has 0 aliphatic rings. The molecular formula is C18H19N3O3S. The third kappa shape index (κ3) is 3.95. The monoisotopic (exact) mass is 357 g/mol. The van der Waals surface area contributed by atoms with Crippen molar-refractivity contribution >= 4 is 39.7 Å². The van der Waals surface area contributed by atoms with Crippen LogP contribution in [0.15, 0.2) is 41.1 Å². The Hall–Kier alpha value is -2.93. The number of aromatic nitrogens is 1. The summed E-state index contributed by atoms with van der Waals surface area (Å²) in [5, 5.41) is 7.15. The molecule has 3 aromatic rings. The minimum atomic E-state index is -0.635. The van der Waals surface area contributed by atoms with Crippen LogP contribution in [0.25, 0.3) is 10.9 Å². The molecule has 6 nitrogen and oxygen atoms in total. The lowest BCUT2D eigenvalue weighted by atomic mass is 10.1. The molecule has 0 saturated heterocycles. The lowest BCUT2D eigenvalue weighted by molar-refractivity contribution is 0.0995. The number of amides is 2. The zero-order valence-corrected chi connectivity index (χ0v) is 15.0. The molecule has 3 rings (SSSR count). The number of nitrogens with zero attached hydrogens (tertiary/aromatic N) is 1. The average molecular weight is 357 g/mol. The number of hydrogen-bond donors (Lipinski definition) is 2. The minimum Gasteiger partial charge on any atom is -0.480 e. The van der Waals surface area contributed by atoms with Crippen molar-refractivity contribution in [3.8, 4) is 5.88 Å². The summed E-state index contributed by atoms with van der Waals surface area (Å²) in [4.78, 5) is 28.2. The summed E-state index contributed by atoms with van der Waals surface area (Å²) in [5.41, 5.74) is 7.07. The van der Waals surface area contributed by atoms with Crippen molar-refractivity contribution in [2.75, 3.05) is 12.4 Å². The Labute approximate surface area is 149 Å². The second-order valence-corrected chi connectivity index (χ2v) is 5.53. The van der Waals surface area contributed by atoms with Crippen molar-refractivity contribution in [3.05, 3.63) is 52.2 Å². The smallest absolute Gasteiger partial charge is 0.257 e. The van der Waals surface area contributed by atoms with Gasteiger partial charge in [-0.05, 0) is 23.6 Å². The third-order valence-corrected chi connectivity index (χ3v) is 3.98. The number of methoxy groups -OCH3 is 1. The number of carbonyl (C=O) groups is 2. The number of fused-ring (bicyclic) bond motifs is 1. The summed E-state index contributed by atoms with van der Waals surface area (Å²) in [6.45, 7) is 4.00. The van der Waals surface area contributed by atoms with E-state index in [2.05, 4.69) is 10.3 Å². The summed E-state index contributed by atoms with van der Waals surface area (Å²) >= 11 is 1.49. The number of nitrogens with one attached hydrogen (secondary N) is 1. The first-order valence-corrected chi connectivity index (χ1v) is 8.65. The van der Waals surface area contributed by atoms with E-state index in [1.165, 1.54) is 18.4 Å². The quantitative estimate of drug-likeness (QED) is 0.744. The third-order valence-electron chi connectivity index (χ3n) is 3.29. The highest BCUT2D eigenvalue weighted by Crippen LogP contribution is 2.25. The van der Waals surface area contributed by atoms with Crippen LogP contribution in [0.1, 0.15) is 34.6 Å². The first-order chi connectivity index (χ1) is 12.1. The van der Waals surface area contributed by atoms with Crippen LogP contribution in [0.3, 0.4) is 0 Å². The molecular weight excluding hydrogens is 338 g/mol. The molecule has 0 saturated carbocycles. The van der Waals surface area contributed by atoms with Crippen molar-refractivity contribution in [3.63, 3.8) is 0 Å². The number of benzene rings is 1. The van der Waals surface area contributed by atoms with Crippen LogP contribution >= 0.6 is 11.3 Å². The van der Waals surface area contributed by atoms with Crippen LogP contribution in [-0.4, -0.2) is 23.9 Å². The Balaban J connectivity index is 0.00000109. The maximum absolute atomic E-state index is 12.5. The maximum Gasteiger partial charge on any atom is 0.257 e. The van der Waals surface area contributed by atoms with Crippen LogP contribution in [0.2, 0.25) is 0 Å². The van der Waals surface area contributed by atoms with Crippen molar-refractivity contribution < 1.29 is 14.3 Å². The van der Waals surface area contributed by atoms with Gasteiger partial charge in [0, 0.05) is 10.8 Å². The zero-order valence-electron chi connectivity index (χ0n) is 14.2. The Morgan fingerprint density at radius 1 is 1.20 bits per heavy atom. The number of thiophene rings is 1. The molecule has 2 heterocycles. The predicted molar refractivity (Wildman–Crippen MR) is 100 cm³/mol. The van der Waals surface area contributed by atoms with E-state index in [9.17, 15) is 9.59 Å². The van der Waals surface area contributed by atoms with Crippen molar-refractivity contribution in [1.82, 2.24) is 4.98 Å². The molecule has 130 valence electrons. The van der Waals surface area contributed by atoms with Gasteiger partial charge >= 0.3 is 0 Å². The van der Waals surface area contributed by atoms with Gasteiger partial charge in [-0.2, -0.15) is 11.3 Å². The molecule has 3 N–H and O–H groups in total. The van der Waals surface area contributed by atoms with Gasteiger partial charge in [0.1, 0.15) is 5.56 Å². The van der Waals surface area contributed by atoms with Gasteiger partial charge in [-0.1, -0.05) is 26.0 Å². The van der Waals surface area contributed by atoms with E-state index in [1.54, 1.807) is 24.3 Å². The lowest BCUT2D eigenvalue weighted by Gasteiger charge is -2.10. The second-order valence-electron chi connectivity index (χ2n) is 4.75. The number of hydrogen-bond acceptors (Lipinski definition) is 5. The van der Waals surface area contributed by atoms with E-state index in [0.29, 0.717) is 16.5 Å². The number of anilines is 1. The summed E-state index contributed by atoms with van der Waals surface area (Å²) in [7, 11) is 1.40. The predicted octanol–water partition coefficient (Wildman–Crippen LogP) is 3.68. The molecule has 7 heteroatoms. The highest BCUT2D eigenvalue weighted by atomic mass is 32.1. The molecule has 0 aliphatic heterocycles. The van der Waals surface area contributed by atoms with Crippen LogP contribution < -0.4 is 15.8 Å². The minimum absolute atomic E-state index is 0.0979. The Kier molecular flexibility index (Phi) is 6.08. The fraction of sp³-hybridized carbons (Fsp3) is 0.167. The number of para-hydroxylation sites is 1. The highest BCUT2D eigenvalue weighted by molar-refractivity contribution is 7.08. The van der Waals surface area contributed by atoms with Crippen LogP contribution in [0.5, 0.6) is 5.88 Å². The summed E-state index contributed by atoms with van der Waals surface area (Å²) < 4.78 is 5.11. The van der Waals surface area contributed by atoms with Gasteiger partial charge in [0.25, 0.3) is 11.8 Å². The van der Waals surface area contributed by atoms with Crippen LogP contribution in [0.4, 0.5) is 5.69 Å². The molecule has 0 atom stereocenters. The molecule has 2 amide bonds. The summed E-state index contributed by atoms with van der Waals surface area (Å²) in [6.07, 6.45) is 0. The molecule has 0 bridgehead atoms. The van der Waals surface area contributed by atoms with Crippen LogP contribution in [0, 0.1) is 0 Å². The van der Waals surface area contributed by atoms with Crippen molar-refractivity contribution in [2.24, 2.45) is 5.73 Å². The lowest BCUT2D eigenvalue weighted by Crippen LogP contribution is -2.15. The first-order valence-electron chi connectivity index (χ1n) is 7.71. The van der Waals surface area contributed by atoms with Gasteiger partial charge in [0.2, 0.25) is 5.88 Å². The molecule has 0 aliphatic carbocycles. The molecule has 1 aromatic carbocycles. The zero-order chi connectivity index (χ0) is 18.4. The van der Waals surface area contributed by atoms with Gasteiger partial charge in [-0.25, -0.2) is 4.98 Å². The highest BCUT2D eigenvalue weighted by Gasteiger charge is 2.17. The first kappa shape index (κ1) is 18.4. The van der Waals surface area contributed by atoms with E-state index in [0.717, 1.165) is 5.69 Å². The largest absolute Gasteiger partial charge is 0.480 e. The number of primary amides is 1. The fourth-order valence-corrected chi connectivity index (χ4v) is 2.82. The van der Waals surface area contributed by atoms with Crippen molar-refractivity contribution in [1.29, 1.82) is 0 Å². The number of pyridine rings is 1.